The van der Waals surface area contributed by atoms with E-state index in [1.54, 1.807) is 11.8 Å². The largest absolute Gasteiger partial charge is 0.455 e. The third-order valence-corrected chi connectivity index (χ3v) is 5.25. The van der Waals surface area contributed by atoms with Crippen LogP contribution in [0.4, 0.5) is 5.69 Å². The number of para-hydroxylation sites is 1. The SMILES string of the molecule is CCc1ccccc1N1C[C@@H](C(=O)OCC(=O)N[C@@](C)(C#N)C(C)C)CC1=O. The summed E-state index contributed by atoms with van der Waals surface area (Å²) in [4.78, 5) is 38.4. The smallest absolute Gasteiger partial charge is 0.311 e. The maximum atomic E-state index is 12.4. The molecular formula is C21H27N3O4. The molecule has 28 heavy (non-hydrogen) atoms. The van der Waals surface area contributed by atoms with Crippen LogP contribution in [-0.4, -0.2) is 36.5 Å². The lowest BCUT2D eigenvalue weighted by Gasteiger charge is -2.27. The van der Waals surface area contributed by atoms with Gasteiger partial charge in [0.05, 0.1) is 12.0 Å². The van der Waals surface area contributed by atoms with Gasteiger partial charge in [-0.3, -0.25) is 14.4 Å². The topological polar surface area (TPSA) is 99.5 Å². The van der Waals surface area contributed by atoms with Crippen molar-refractivity contribution in [3.8, 4) is 6.07 Å². The second-order valence-corrected chi connectivity index (χ2v) is 7.51. The molecule has 0 radical (unpaired) electrons. The monoisotopic (exact) mass is 385 g/mol. The molecule has 1 aliphatic heterocycles. The molecule has 1 aromatic rings. The van der Waals surface area contributed by atoms with Gasteiger partial charge in [-0.15, -0.1) is 0 Å². The summed E-state index contributed by atoms with van der Waals surface area (Å²) in [5, 5.41) is 11.8. The molecule has 0 aromatic heterocycles. The van der Waals surface area contributed by atoms with Gasteiger partial charge >= 0.3 is 5.97 Å². The molecule has 1 aliphatic rings. The van der Waals surface area contributed by atoms with Crippen LogP contribution in [0.1, 0.15) is 39.7 Å². The van der Waals surface area contributed by atoms with Crippen LogP contribution in [0.2, 0.25) is 0 Å². The number of anilines is 1. The first-order chi connectivity index (χ1) is 13.2. The number of aryl methyl sites for hydroxylation is 1. The summed E-state index contributed by atoms with van der Waals surface area (Å²) < 4.78 is 5.11. The quantitative estimate of drug-likeness (QED) is 0.726. The first-order valence-electron chi connectivity index (χ1n) is 9.49. The molecule has 0 saturated carbocycles. The zero-order chi connectivity index (χ0) is 20.9. The second kappa shape index (κ2) is 8.87. The second-order valence-electron chi connectivity index (χ2n) is 7.51. The number of carbonyl (C=O) groups is 3. The number of amides is 2. The van der Waals surface area contributed by atoms with E-state index >= 15 is 0 Å². The first-order valence-corrected chi connectivity index (χ1v) is 9.49. The Hall–Kier alpha value is -2.88. The fourth-order valence-corrected chi connectivity index (χ4v) is 3.05. The molecule has 1 heterocycles. The lowest BCUT2D eigenvalue weighted by atomic mass is 9.90. The van der Waals surface area contributed by atoms with Crippen molar-refractivity contribution in [2.24, 2.45) is 11.8 Å². The van der Waals surface area contributed by atoms with Crippen LogP contribution < -0.4 is 10.2 Å². The molecule has 1 fully saturated rings. The van der Waals surface area contributed by atoms with Crippen LogP contribution in [0.5, 0.6) is 0 Å². The Morgan fingerprint density at radius 3 is 2.68 bits per heavy atom. The van der Waals surface area contributed by atoms with E-state index in [1.165, 1.54) is 0 Å². The average Bonchev–Trinajstić information content (AvgIpc) is 3.07. The van der Waals surface area contributed by atoms with Crippen LogP contribution >= 0.6 is 0 Å². The molecule has 1 N–H and O–H groups in total. The molecule has 0 bridgehead atoms. The Morgan fingerprint density at radius 2 is 2.07 bits per heavy atom. The molecule has 1 aromatic carbocycles. The minimum Gasteiger partial charge on any atom is -0.455 e. The summed E-state index contributed by atoms with van der Waals surface area (Å²) in [7, 11) is 0. The summed E-state index contributed by atoms with van der Waals surface area (Å²) in [6.45, 7) is 7.04. The fourth-order valence-electron chi connectivity index (χ4n) is 3.05. The Kier molecular flexibility index (Phi) is 6.79. The van der Waals surface area contributed by atoms with Crippen LogP contribution in [0.3, 0.4) is 0 Å². The Morgan fingerprint density at radius 1 is 1.39 bits per heavy atom. The molecule has 1 saturated heterocycles. The number of benzene rings is 1. The molecule has 0 unspecified atom stereocenters. The van der Waals surface area contributed by atoms with Gasteiger partial charge in [0, 0.05) is 18.7 Å². The van der Waals surface area contributed by atoms with Gasteiger partial charge in [-0.05, 0) is 30.9 Å². The van der Waals surface area contributed by atoms with Gasteiger partial charge in [-0.2, -0.15) is 5.26 Å². The number of esters is 1. The van der Waals surface area contributed by atoms with E-state index in [0.717, 1.165) is 17.7 Å². The summed E-state index contributed by atoms with van der Waals surface area (Å²) in [6.07, 6.45) is 0.836. The van der Waals surface area contributed by atoms with Crippen molar-refractivity contribution in [2.45, 2.75) is 46.1 Å². The number of rotatable bonds is 7. The molecule has 2 amide bonds. The summed E-state index contributed by atoms with van der Waals surface area (Å²) in [5.41, 5.74) is 0.812. The van der Waals surface area contributed by atoms with Gasteiger partial charge in [0.2, 0.25) is 5.91 Å². The maximum absolute atomic E-state index is 12.4. The lowest BCUT2D eigenvalue weighted by Crippen LogP contribution is -2.50. The van der Waals surface area contributed by atoms with E-state index < -0.39 is 29.9 Å². The Labute approximate surface area is 165 Å². The van der Waals surface area contributed by atoms with Crippen LogP contribution in [0.15, 0.2) is 24.3 Å². The molecule has 2 atom stereocenters. The fraction of sp³-hybridized carbons (Fsp3) is 0.524. The maximum Gasteiger partial charge on any atom is 0.311 e. The normalized spacial score (nSPS) is 18.5. The molecule has 2 rings (SSSR count). The number of ether oxygens (including phenoxy) is 1. The third-order valence-electron chi connectivity index (χ3n) is 5.25. The van der Waals surface area contributed by atoms with Crippen molar-refractivity contribution < 1.29 is 19.1 Å². The van der Waals surface area contributed by atoms with E-state index in [4.69, 9.17) is 4.74 Å². The molecule has 150 valence electrons. The highest BCUT2D eigenvalue weighted by Crippen LogP contribution is 2.29. The number of nitriles is 1. The molecule has 7 heteroatoms. The minimum absolute atomic E-state index is 0.0560. The van der Waals surface area contributed by atoms with E-state index in [-0.39, 0.29) is 24.8 Å². The van der Waals surface area contributed by atoms with Crippen LogP contribution in [0.25, 0.3) is 0 Å². The van der Waals surface area contributed by atoms with E-state index in [1.807, 2.05) is 45.0 Å². The van der Waals surface area contributed by atoms with Crippen molar-refractivity contribution in [3.05, 3.63) is 29.8 Å². The highest BCUT2D eigenvalue weighted by molar-refractivity contribution is 6.00. The molecule has 0 aliphatic carbocycles. The van der Waals surface area contributed by atoms with Crippen molar-refractivity contribution in [1.29, 1.82) is 5.26 Å². The van der Waals surface area contributed by atoms with E-state index in [2.05, 4.69) is 11.4 Å². The summed E-state index contributed by atoms with van der Waals surface area (Å²) in [5.74, 6) is -1.97. The lowest BCUT2D eigenvalue weighted by molar-refractivity contribution is -0.152. The van der Waals surface area contributed by atoms with Gasteiger partial charge < -0.3 is 15.0 Å². The summed E-state index contributed by atoms with van der Waals surface area (Å²) >= 11 is 0. The standard InChI is InChI=1S/C21H27N3O4/c1-5-15-8-6-7-9-17(15)24-11-16(10-19(24)26)20(27)28-12-18(25)23-21(4,13-22)14(2)3/h6-9,14,16H,5,10-12H2,1-4H3,(H,23,25)/t16-,21-/m0/s1. The molecular weight excluding hydrogens is 358 g/mol. The van der Waals surface area contributed by atoms with E-state index in [9.17, 15) is 19.6 Å². The van der Waals surface area contributed by atoms with Gasteiger partial charge in [0.1, 0.15) is 5.54 Å². The zero-order valence-electron chi connectivity index (χ0n) is 16.8. The average molecular weight is 385 g/mol. The third kappa shape index (κ3) is 4.69. The van der Waals surface area contributed by atoms with Gasteiger partial charge in [0.15, 0.2) is 6.61 Å². The highest BCUT2D eigenvalue weighted by atomic mass is 16.5. The highest BCUT2D eigenvalue weighted by Gasteiger charge is 2.37. The summed E-state index contributed by atoms with van der Waals surface area (Å²) in [6, 6.07) is 9.67. The van der Waals surface area contributed by atoms with Crippen molar-refractivity contribution in [1.82, 2.24) is 5.32 Å². The number of nitrogens with zero attached hydrogens (tertiary/aromatic N) is 2. The predicted molar refractivity (Wildman–Crippen MR) is 104 cm³/mol. The van der Waals surface area contributed by atoms with Crippen LogP contribution in [-0.2, 0) is 25.5 Å². The number of hydrogen-bond donors (Lipinski definition) is 1. The van der Waals surface area contributed by atoms with Crippen molar-refractivity contribution >= 4 is 23.5 Å². The molecule has 0 spiro atoms. The van der Waals surface area contributed by atoms with Gasteiger partial charge in [-0.1, -0.05) is 39.0 Å². The first kappa shape index (κ1) is 21.4. The number of hydrogen-bond acceptors (Lipinski definition) is 5. The van der Waals surface area contributed by atoms with Crippen molar-refractivity contribution in [3.63, 3.8) is 0 Å². The minimum atomic E-state index is -1.03. The van der Waals surface area contributed by atoms with E-state index in [0.29, 0.717) is 0 Å². The van der Waals surface area contributed by atoms with Crippen LogP contribution in [0, 0.1) is 23.2 Å². The number of nitrogens with one attached hydrogen (secondary N) is 1. The van der Waals surface area contributed by atoms with Gasteiger partial charge in [0.25, 0.3) is 5.91 Å². The molecule has 7 nitrogen and oxygen atoms in total. The number of carbonyl (C=O) groups excluding carboxylic acids is 3. The van der Waals surface area contributed by atoms with Gasteiger partial charge in [-0.25, -0.2) is 0 Å². The zero-order valence-corrected chi connectivity index (χ0v) is 16.8. The Bertz CT molecular complexity index is 799. The van der Waals surface area contributed by atoms with Crippen molar-refractivity contribution in [2.75, 3.05) is 18.1 Å². The Balaban J connectivity index is 1.95. The predicted octanol–water partition coefficient (Wildman–Crippen LogP) is 2.20.